The smallest absolute Gasteiger partial charge is 0.0522 e. The molecular weight excluding hydrogens is 222 g/mol. The summed E-state index contributed by atoms with van der Waals surface area (Å²) >= 11 is 0. The SMILES string of the molecule is CCCn1nccc1CNC1CCCC(C)C1C. The topological polar surface area (TPSA) is 29.9 Å². The average molecular weight is 249 g/mol. The van der Waals surface area contributed by atoms with Gasteiger partial charge in [0.2, 0.25) is 0 Å². The first kappa shape index (κ1) is 13.6. The summed E-state index contributed by atoms with van der Waals surface area (Å²) in [5.41, 5.74) is 1.32. The number of aryl methyl sites for hydroxylation is 1. The first-order chi connectivity index (χ1) is 8.72. The largest absolute Gasteiger partial charge is 0.308 e. The average Bonchev–Trinajstić information content (AvgIpc) is 2.79. The molecule has 1 aromatic heterocycles. The molecule has 3 atom stereocenters. The number of nitrogens with zero attached hydrogens (tertiary/aromatic N) is 2. The second-order valence-electron chi connectivity index (χ2n) is 5.80. The molecule has 0 saturated heterocycles. The van der Waals surface area contributed by atoms with Gasteiger partial charge in [0.05, 0.1) is 5.69 Å². The molecule has 2 rings (SSSR count). The maximum atomic E-state index is 4.38. The molecule has 3 heteroatoms. The summed E-state index contributed by atoms with van der Waals surface area (Å²) < 4.78 is 2.13. The Morgan fingerprint density at radius 1 is 1.39 bits per heavy atom. The third-order valence-electron chi connectivity index (χ3n) is 4.49. The highest BCUT2D eigenvalue weighted by molar-refractivity contribution is 5.00. The molecule has 102 valence electrons. The monoisotopic (exact) mass is 249 g/mol. The molecule has 1 aliphatic rings. The van der Waals surface area contributed by atoms with Crippen molar-refractivity contribution in [3.8, 4) is 0 Å². The minimum Gasteiger partial charge on any atom is -0.308 e. The van der Waals surface area contributed by atoms with Gasteiger partial charge in [-0.15, -0.1) is 0 Å². The van der Waals surface area contributed by atoms with E-state index in [0.717, 1.165) is 31.3 Å². The summed E-state index contributed by atoms with van der Waals surface area (Å²) in [7, 11) is 0. The summed E-state index contributed by atoms with van der Waals surface area (Å²) in [6, 6.07) is 2.82. The van der Waals surface area contributed by atoms with E-state index in [4.69, 9.17) is 0 Å². The molecule has 1 heterocycles. The molecule has 3 nitrogen and oxygen atoms in total. The van der Waals surface area contributed by atoms with E-state index in [1.807, 2.05) is 6.20 Å². The minimum absolute atomic E-state index is 0.679. The standard InChI is InChI=1S/C15H27N3/c1-4-10-18-14(8-9-17-18)11-16-15-7-5-6-12(2)13(15)3/h8-9,12-13,15-16H,4-7,10-11H2,1-3H3. The van der Waals surface area contributed by atoms with Crippen molar-refractivity contribution in [2.75, 3.05) is 0 Å². The molecular formula is C15H27N3. The van der Waals surface area contributed by atoms with Gasteiger partial charge in [0, 0.05) is 25.3 Å². The van der Waals surface area contributed by atoms with Crippen LogP contribution in [-0.2, 0) is 13.1 Å². The van der Waals surface area contributed by atoms with Crippen LogP contribution in [0.3, 0.4) is 0 Å². The fourth-order valence-corrected chi connectivity index (χ4v) is 3.03. The molecule has 1 N–H and O–H groups in total. The van der Waals surface area contributed by atoms with Gasteiger partial charge in [-0.05, 0) is 30.7 Å². The molecule has 1 fully saturated rings. The summed E-state index contributed by atoms with van der Waals surface area (Å²) in [6.07, 6.45) is 7.16. The Kier molecular flexibility index (Phi) is 4.81. The van der Waals surface area contributed by atoms with E-state index in [1.54, 1.807) is 0 Å². The molecule has 1 aromatic rings. The van der Waals surface area contributed by atoms with Crippen molar-refractivity contribution in [3.63, 3.8) is 0 Å². The van der Waals surface area contributed by atoms with Gasteiger partial charge in [0.25, 0.3) is 0 Å². The molecule has 3 unspecified atom stereocenters. The number of hydrogen-bond donors (Lipinski definition) is 1. The van der Waals surface area contributed by atoms with Crippen LogP contribution in [0.2, 0.25) is 0 Å². The fraction of sp³-hybridized carbons (Fsp3) is 0.800. The van der Waals surface area contributed by atoms with Crippen LogP contribution in [0.4, 0.5) is 0 Å². The van der Waals surface area contributed by atoms with Gasteiger partial charge in [-0.1, -0.05) is 33.6 Å². The zero-order chi connectivity index (χ0) is 13.0. The highest BCUT2D eigenvalue weighted by Crippen LogP contribution is 2.29. The molecule has 18 heavy (non-hydrogen) atoms. The van der Waals surface area contributed by atoms with Gasteiger partial charge in [-0.3, -0.25) is 4.68 Å². The van der Waals surface area contributed by atoms with Gasteiger partial charge in [0.15, 0.2) is 0 Å². The molecule has 0 amide bonds. The van der Waals surface area contributed by atoms with Crippen LogP contribution < -0.4 is 5.32 Å². The van der Waals surface area contributed by atoms with Crippen molar-refractivity contribution in [1.29, 1.82) is 0 Å². The van der Waals surface area contributed by atoms with Gasteiger partial charge in [-0.25, -0.2) is 0 Å². The fourth-order valence-electron chi connectivity index (χ4n) is 3.03. The number of nitrogens with one attached hydrogen (secondary N) is 1. The molecule has 0 bridgehead atoms. The summed E-state index contributed by atoms with van der Waals surface area (Å²) in [5.74, 6) is 1.65. The number of hydrogen-bond acceptors (Lipinski definition) is 2. The van der Waals surface area contributed by atoms with Crippen molar-refractivity contribution >= 4 is 0 Å². The zero-order valence-corrected chi connectivity index (χ0v) is 12.0. The van der Waals surface area contributed by atoms with Crippen LogP contribution in [0, 0.1) is 11.8 Å². The summed E-state index contributed by atoms with van der Waals surface area (Å²) in [6.45, 7) is 8.97. The van der Waals surface area contributed by atoms with Gasteiger partial charge < -0.3 is 5.32 Å². The van der Waals surface area contributed by atoms with Crippen molar-refractivity contribution in [1.82, 2.24) is 15.1 Å². The predicted octanol–water partition coefficient (Wildman–Crippen LogP) is 3.21. The number of aromatic nitrogens is 2. The zero-order valence-electron chi connectivity index (χ0n) is 12.0. The van der Waals surface area contributed by atoms with Gasteiger partial charge in [0.1, 0.15) is 0 Å². The van der Waals surface area contributed by atoms with E-state index in [0.29, 0.717) is 6.04 Å². The lowest BCUT2D eigenvalue weighted by Gasteiger charge is -2.34. The Morgan fingerprint density at radius 2 is 2.22 bits per heavy atom. The van der Waals surface area contributed by atoms with Crippen molar-refractivity contribution in [3.05, 3.63) is 18.0 Å². The quantitative estimate of drug-likeness (QED) is 0.868. The van der Waals surface area contributed by atoms with Crippen molar-refractivity contribution < 1.29 is 0 Å². The third-order valence-corrected chi connectivity index (χ3v) is 4.49. The van der Waals surface area contributed by atoms with Crippen LogP contribution in [0.25, 0.3) is 0 Å². The molecule has 0 spiro atoms. The van der Waals surface area contributed by atoms with Gasteiger partial charge in [-0.2, -0.15) is 5.10 Å². The van der Waals surface area contributed by atoms with Crippen LogP contribution in [0.1, 0.15) is 52.1 Å². The molecule has 0 aromatic carbocycles. The molecule has 0 aliphatic heterocycles. The molecule has 1 saturated carbocycles. The van der Waals surface area contributed by atoms with Crippen molar-refractivity contribution in [2.45, 2.75) is 65.6 Å². The van der Waals surface area contributed by atoms with Crippen LogP contribution in [0.5, 0.6) is 0 Å². The predicted molar refractivity (Wildman–Crippen MR) is 75.3 cm³/mol. The Hall–Kier alpha value is -0.830. The Balaban J connectivity index is 1.88. The van der Waals surface area contributed by atoms with E-state index < -0.39 is 0 Å². The first-order valence-electron chi connectivity index (χ1n) is 7.46. The van der Waals surface area contributed by atoms with Crippen LogP contribution in [-0.4, -0.2) is 15.8 Å². The van der Waals surface area contributed by atoms with E-state index in [2.05, 4.69) is 41.9 Å². The second-order valence-corrected chi connectivity index (χ2v) is 5.80. The third kappa shape index (κ3) is 3.14. The Morgan fingerprint density at radius 3 is 3.00 bits per heavy atom. The lowest BCUT2D eigenvalue weighted by atomic mass is 9.78. The highest BCUT2D eigenvalue weighted by Gasteiger charge is 2.26. The minimum atomic E-state index is 0.679. The van der Waals surface area contributed by atoms with E-state index in [1.165, 1.54) is 25.0 Å². The normalized spacial score (nSPS) is 28.5. The lowest BCUT2D eigenvalue weighted by Crippen LogP contribution is -2.40. The summed E-state index contributed by atoms with van der Waals surface area (Å²) in [4.78, 5) is 0. The van der Waals surface area contributed by atoms with E-state index in [-0.39, 0.29) is 0 Å². The van der Waals surface area contributed by atoms with E-state index in [9.17, 15) is 0 Å². The summed E-state index contributed by atoms with van der Waals surface area (Å²) in [5, 5.41) is 8.12. The van der Waals surface area contributed by atoms with E-state index >= 15 is 0 Å². The highest BCUT2D eigenvalue weighted by atomic mass is 15.3. The van der Waals surface area contributed by atoms with Crippen LogP contribution in [0.15, 0.2) is 12.3 Å². The Labute approximate surface area is 111 Å². The van der Waals surface area contributed by atoms with Crippen molar-refractivity contribution in [2.24, 2.45) is 11.8 Å². The Bertz CT molecular complexity index is 358. The maximum Gasteiger partial charge on any atom is 0.0522 e. The number of rotatable bonds is 5. The molecule has 1 aliphatic carbocycles. The maximum absolute atomic E-state index is 4.38. The van der Waals surface area contributed by atoms with Gasteiger partial charge >= 0.3 is 0 Å². The van der Waals surface area contributed by atoms with Crippen LogP contribution >= 0.6 is 0 Å². The first-order valence-corrected chi connectivity index (χ1v) is 7.46. The second kappa shape index (κ2) is 6.37. The molecule has 0 radical (unpaired) electrons. The lowest BCUT2D eigenvalue weighted by molar-refractivity contribution is 0.205.